The third kappa shape index (κ3) is 3.42. The zero-order valence-electron chi connectivity index (χ0n) is 19.0. The molecule has 5 unspecified atom stereocenters. The lowest BCUT2D eigenvalue weighted by Gasteiger charge is -2.41. The Balaban J connectivity index is 1.84. The number of unbranched alkanes of at least 4 members (excludes halogenated alkanes) is 1. The molecule has 1 aliphatic carbocycles. The summed E-state index contributed by atoms with van der Waals surface area (Å²) in [6.45, 7) is 7.50. The topological polar surface area (TPSA) is 99.9 Å². The molecule has 32 heavy (non-hydrogen) atoms. The highest BCUT2D eigenvalue weighted by atomic mass is 16.6. The molecule has 0 radical (unpaired) electrons. The summed E-state index contributed by atoms with van der Waals surface area (Å²) in [5.74, 6) is -2.04. The highest BCUT2D eigenvalue weighted by molar-refractivity contribution is 5.80. The maximum absolute atomic E-state index is 12.9. The first-order valence-electron chi connectivity index (χ1n) is 11.2. The molecule has 0 saturated carbocycles. The van der Waals surface area contributed by atoms with Crippen LogP contribution in [-0.2, 0) is 16.0 Å². The third-order valence-electron chi connectivity index (χ3n) is 7.12. The monoisotopic (exact) mass is 437 g/mol. The second-order valence-corrected chi connectivity index (χ2v) is 9.21. The Labute approximate surface area is 188 Å². The van der Waals surface area contributed by atoms with Crippen LogP contribution in [0, 0.1) is 12.8 Å². The van der Waals surface area contributed by atoms with Gasteiger partial charge in [-0.05, 0) is 43.9 Å². The van der Waals surface area contributed by atoms with Gasteiger partial charge in [0, 0.05) is 29.7 Å². The fourth-order valence-corrected chi connectivity index (χ4v) is 5.17. The van der Waals surface area contributed by atoms with Gasteiger partial charge in [-0.2, -0.15) is 0 Å². The zero-order chi connectivity index (χ0) is 23.2. The van der Waals surface area contributed by atoms with Gasteiger partial charge < -0.3 is 20.1 Å². The lowest BCUT2D eigenvalue weighted by molar-refractivity contribution is -0.159. The molecule has 1 fully saturated rings. The number of allylic oxidation sites excluding steroid dienone is 1. The first-order chi connectivity index (χ1) is 15.2. The normalized spacial score (nSPS) is 28.1. The number of ether oxygens (including phenoxy) is 1. The average molecular weight is 438 g/mol. The van der Waals surface area contributed by atoms with Gasteiger partial charge in [0.2, 0.25) is 0 Å². The number of hydrogen-bond acceptors (Lipinski definition) is 6. The quantitative estimate of drug-likeness (QED) is 0.486. The molecule has 0 spiro atoms. The maximum Gasteiger partial charge on any atom is 0.313 e. The van der Waals surface area contributed by atoms with Crippen molar-refractivity contribution >= 4 is 5.97 Å². The highest BCUT2D eigenvalue weighted by Gasteiger charge is 2.62. The van der Waals surface area contributed by atoms with Gasteiger partial charge in [0.25, 0.3) is 0 Å². The number of aromatic nitrogens is 1. The standard InChI is InChI=1S/C26H31NO5/c1-5-6-9-15(3)23(29)20-21-18-13-27-22(16-11-8-7-10-14(16)2)24(30)17(18)12-19(28)26(21,4)32-25(20)31/h7-11,13,19-21,23,28-30H,5-6,12H2,1-4H3. The van der Waals surface area contributed by atoms with Crippen LogP contribution >= 0.6 is 0 Å². The van der Waals surface area contributed by atoms with Gasteiger partial charge >= 0.3 is 5.97 Å². The van der Waals surface area contributed by atoms with Crippen LogP contribution in [0.3, 0.4) is 0 Å². The fourth-order valence-electron chi connectivity index (χ4n) is 5.17. The molecular formula is C26H31NO5. The summed E-state index contributed by atoms with van der Waals surface area (Å²) in [5.41, 5.74) is 2.93. The molecule has 4 rings (SSSR count). The van der Waals surface area contributed by atoms with Crippen molar-refractivity contribution in [2.45, 2.75) is 70.7 Å². The molecule has 6 nitrogen and oxygen atoms in total. The number of fused-ring (bicyclic) bond motifs is 3. The smallest absolute Gasteiger partial charge is 0.313 e. The molecular weight excluding hydrogens is 406 g/mol. The number of nitrogens with zero attached hydrogens (tertiary/aromatic N) is 1. The Bertz CT molecular complexity index is 1080. The summed E-state index contributed by atoms with van der Waals surface area (Å²) in [6, 6.07) is 7.65. The van der Waals surface area contributed by atoms with Crippen LogP contribution in [0.5, 0.6) is 5.75 Å². The highest BCUT2D eigenvalue weighted by Crippen LogP contribution is 2.54. The van der Waals surface area contributed by atoms with E-state index in [1.165, 1.54) is 0 Å². The molecule has 170 valence electrons. The van der Waals surface area contributed by atoms with Crippen molar-refractivity contribution in [1.82, 2.24) is 4.98 Å². The van der Waals surface area contributed by atoms with E-state index in [0.29, 0.717) is 22.4 Å². The molecule has 5 atom stereocenters. The lowest BCUT2D eigenvalue weighted by Crippen LogP contribution is -2.49. The van der Waals surface area contributed by atoms with Crippen molar-refractivity contribution in [2.75, 3.05) is 0 Å². The first kappa shape index (κ1) is 22.5. The number of aliphatic hydroxyl groups excluding tert-OH is 2. The fraction of sp³-hybridized carbons (Fsp3) is 0.462. The maximum atomic E-state index is 12.9. The van der Waals surface area contributed by atoms with Crippen LogP contribution in [0.1, 0.15) is 56.2 Å². The number of aliphatic hydroxyl groups is 2. The number of pyridine rings is 1. The van der Waals surface area contributed by atoms with Gasteiger partial charge in [-0.25, -0.2) is 0 Å². The Kier molecular flexibility index (Phi) is 5.86. The number of hydrogen-bond donors (Lipinski definition) is 3. The number of carbonyl (C=O) groups excluding carboxylic acids is 1. The number of aryl methyl sites for hydroxylation is 1. The van der Waals surface area contributed by atoms with Crippen LogP contribution in [0.25, 0.3) is 11.3 Å². The molecule has 1 aliphatic heterocycles. The Morgan fingerprint density at radius 1 is 1.38 bits per heavy atom. The van der Waals surface area contributed by atoms with Crippen LogP contribution in [0.15, 0.2) is 42.1 Å². The van der Waals surface area contributed by atoms with Gasteiger partial charge in [0.05, 0.1) is 18.1 Å². The van der Waals surface area contributed by atoms with Crippen molar-refractivity contribution in [2.24, 2.45) is 5.92 Å². The van der Waals surface area contributed by atoms with E-state index in [1.54, 1.807) is 20.0 Å². The van der Waals surface area contributed by atoms with Crippen molar-refractivity contribution < 1.29 is 24.9 Å². The number of benzene rings is 1. The van der Waals surface area contributed by atoms with Crippen LogP contribution in [-0.4, -0.2) is 44.1 Å². The van der Waals surface area contributed by atoms with Gasteiger partial charge in [0.1, 0.15) is 17.0 Å². The summed E-state index contributed by atoms with van der Waals surface area (Å²) in [5, 5.41) is 33.3. The number of carbonyl (C=O) groups is 1. The predicted molar refractivity (Wildman–Crippen MR) is 121 cm³/mol. The van der Waals surface area contributed by atoms with E-state index in [-0.39, 0.29) is 12.2 Å². The van der Waals surface area contributed by atoms with E-state index >= 15 is 0 Å². The molecule has 6 heteroatoms. The van der Waals surface area contributed by atoms with E-state index in [0.717, 1.165) is 24.0 Å². The van der Waals surface area contributed by atoms with Crippen LogP contribution in [0.4, 0.5) is 0 Å². The second-order valence-electron chi connectivity index (χ2n) is 9.21. The summed E-state index contributed by atoms with van der Waals surface area (Å²) in [4.78, 5) is 17.5. The molecule has 2 heterocycles. The molecule has 1 aromatic carbocycles. The number of aromatic hydroxyl groups is 1. The molecule has 3 N–H and O–H groups in total. The van der Waals surface area contributed by atoms with E-state index in [2.05, 4.69) is 4.98 Å². The van der Waals surface area contributed by atoms with Gasteiger partial charge in [0.15, 0.2) is 0 Å². The molecule has 0 amide bonds. The number of esters is 1. The first-order valence-corrected chi connectivity index (χ1v) is 11.2. The van der Waals surface area contributed by atoms with Crippen molar-refractivity contribution in [3.05, 3.63) is 58.8 Å². The van der Waals surface area contributed by atoms with Crippen molar-refractivity contribution in [3.8, 4) is 17.0 Å². The van der Waals surface area contributed by atoms with Gasteiger partial charge in [-0.1, -0.05) is 43.7 Å². The molecule has 2 aromatic rings. The van der Waals surface area contributed by atoms with Crippen molar-refractivity contribution in [1.29, 1.82) is 0 Å². The molecule has 1 saturated heterocycles. The molecule has 0 bridgehead atoms. The third-order valence-corrected chi connectivity index (χ3v) is 7.12. The minimum atomic E-state index is -1.20. The lowest BCUT2D eigenvalue weighted by atomic mass is 9.66. The summed E-state index contributed by atoms with van der Waals surface area (Å²) in [6.07, 6.45) is 3.41. The average Bonchev–Trinajstić information content (AvgIpc) is 3.05. The second kappa shape index (κ2) is 8.34. The summed E-state index contributed by atoms with van der Waals surface area (Å²) in [7, 11) is 0. The summed E-state index contributed by atoms with van der Waals surface area (Å²) >= 11 is 0. The Morgan fingerprint density at radius 2 is 2.09 bits per heavy atom. The zero-order valence-corrected chi connectivity index (χ0v) is 19.0. The van der Waals surface area contributed by atoms with Crippen LogP contribution in [0.2, 0.25) is 0 Å². The van der Waals surface area contributed by atoms with Gasteiger partial charge in [-0.3, -0.25) is 9.78 Å². The van der Waals surface area contributed by atoms with Gasteiger partial charge in [-0.15, -0.1) is 0 Å². The van der Waals surface area contributed by atoms with E-state index in [4.69, 9.17) is 4.74 Å². The predicted octanol–water partition coefficient (Wildman–Crippen LogP) is 3.80. The molecule has 1 aromatic heterocycles. The molecule has 2 aliphatic rings. The van der Waals surface area contributed by atoms with Crippen molar-refractivity contribution in [3.63, 3.8) is 0 Å². The minimum Gasteiger partial charge on any atom is -0.505 e. The van der Waals surface area contributed by atoms with E-state index < -0.39 is 35.6 Å². The van der Waals surface area contributed by atoms with Crippen LogP contribution < -0.4 is 0 Å². The van der Waals surface area contributed by atoms with E-state index in [9.17, 15) is 20.1 Å². The van der Waals surface area contributed by atoms with E-state index in [1.807, 2.05) is 44.2 Å². The largest absolute Gasteiger partial charge is 0.505 e. The SMILES string of the molecule is CCCC=C(C)C(O)C1C(=O)OC2(C)C(O)Cc3c(cnc(-c4ccccc4C)c3O)C12. The Morgan fingerprint density at radius 3 is 2.78 bits per heavy atom. The Hall–Kier alpha value is -2.70. The number of rotatable bonds is 5. The summed E-state index contributed by atoms with van der Waals surface area (Å²) < 4.78 is 5.70. The minimum absolute atomic E-state index is 0.00346.